The molecule has 82 valence electrons. The zero-order chi connectivity index (χ0) is 10.9. The van der Waals surface area contributed by atoms with Gasteiger partial charge in [-0.05, 0) is 19.8 Å². The lowest BCUT2D eigenvalue weighted by Gasteiger charge is -2.34. The number of halogens is 1. The summed E-state index contributed by atoms with van der Waals surface area (Å²) >= 11 is 0. The Morgan fingerprint density at radius 3 is 3.07 bits per heavy atom. The highest BCUT2D eigenvalue weighted by atomic mass is 19.1. The van der Waals surface area contributed by atoms with E-state index >= 15 is 0 Å². The average Bonchev–Trinajstić information content (AvgIpc) is 2.16. The molecule has 1 saturated heterocycles. The predicted octanol–water partition coefficient (Wildman–Crippen LogP) is 0.782. The van der Waals surface area contributed by atoms with E-state index in [1.807, 2.05) is 0 Å². The molecule has 0 unspecified atom stereocenters. The zero-order valence-electron chi connectivity index (χ0n) is 8.65. The first-order chi connectivity index (χ1) is 7.07. The maximum absolute atomic E-state index is 13.8. The van der Waals surface area contributed by atoms with E-state index in [0.29, 0.717) is 24.7 Å². The van der Waals surface area contributed by atoms with Crippen LogP contribution in [0.3, 0.4) is 0 Å². The van der Waals surface area contributed by atoms with E-state index in [-0.39, 0.29) is 0 Å². The Morgan fingerprint density at radius 1 is 1.60 bits per heavy atom. The van der Waals surface area contributed by atoms with Crippen LogP contribution in [0.25, 0.3) is 0 Å². The molecule has 2 heterocycles. The van der Waals surface area contributed by atoms with Crippen LogP contribution >= 0.6 is 0 Å². The third kappa shape index (κ3) is 2.31. The second-order valence-corrected chi connectivity index (χ2v) is 4.12. The van der Waals surface area contributed by atoms with Gasteiger partial charge in [0.2, 0.25) is 5.95 Å². The molecule has 2 N–H and O–H groups in total. The van der Waals surface area contributed by atoms with Gasteiger partial charge < -0.3 is 10.6 Å². The van der Waals surface area contributed by atoms with Crippen LogP contribution in [0.5, 0.6) is 0 Å². The number of nitrogen functional groups attached to an aromatic ring is 1. The number of alkyl halides is 1. The van der Waals surface area contributed by atoms with Crippen LogP contribution in [-0.2, 0) is 0 Å². The second kappa shape index (κ2) is 3.60. The maximum Gasteiger partial charge on any atom is 0.247 e. The van der Waals surface area contributed by atoms with Gasteiger partial charge in [-0.1, -0.05) is 0 Å². The molecule has 0 radical (unpaired) electrons. The number of piperidine rings is 1. The Labute approximate surface area is 87.5 Å². The molecule has 0 aliphatic carbocycles. The smallest absolute Gasteiger partial charge is 0.247 e. The fourth-order valence-corrected chi connectivity index (χ4v) is 1.81. The van der Waals surface area contributed by atoms with E-state index in [9.17, 15) is 4.39 Å². The molecule has 1 atom stereocenters. The van der Waals surface area contributed by atoms with Crippen molar-refractivity contribution in [2.45, 2.75) is 25.4 Å². The van der Waals surface area contributed by atoms with Crippen molar-refractivity contribution in [3.63, 3.8) is 0 Å². The van der Waals surface area contributed by atoms with Crippen molar-refractivity contribution in [1.29, 1.82) is 0 Å². The van der Waals surface area contributed by atoms with Crippen LogP contribution < -0.4 is 10.6 Å². The Balaban J connectivity index is 2.17. The molecular formula is C9H14FN5. The van der Waals surface area contributed by atoms with Crippen molar-refractivity contribution in [2.24, 2.45) is 0 Å². The van der Waals surface area contributed by atoms with Gasteiger partial charge >= 0.3 is 0 Å². The Bertz CT molecular complexity index is 354. The first-order valence-electron chi connectivity index (χ1n) is 4.96. The number of hydrogen-bond acceptors (Lipinski definition) is 5. The van der Waals surface area contributed by atoms with Crippen molar-refractivity contribution >= 4 is 11.8 Å². The SMILES string of the molecule is C[C@]1(F)CCCN(c2nncc(N)n2)C1. The molecule has 15 heavy (non-hydrogen) atoms. The van der Waals surface area contributed by atoms with Gasteiger partial charge in [0.1, 0.15) is 11.5 Å². The fourth-order valence-electron chi connectivity index (χ4n) is 1.81. The summed E-state index contributed by atoms with van der Waals surface area (Å²) in [4.78, 5) is 5.81. The van der Waals surface area contributed by atoms with Gasteiger partial charge in [0.25, 0.3) is 0 Å². The van der Waals surface area contributed by atoms with Crippen LogP contribution in [0.1, 0.15) is 19.8 Å². The van der Waals surface area contributed by atoms with Crippen LogP contribution in [0.2, 0.25) is 0 Å². The predicted molar refractivity (Wildman–Crippen MR) is 55.2 cm³/mol. The van der Waals surface area contributed by atoms with E-state index in [2.05, 4.69) is 15.2 Å². The number of anilines is 2. The summed E-state index contributed by atoms with van der Waals surface area (Å²) < 4.78 is 13.8. The zero-order valence-corrected chi connectivity index (χ0v) is 8.65. The Hall–Kier alpha value is -1.46. The van der Waals surface area contributed by atoms with Crippen LogP contribution in [0.4, 0.5) is 16.2 Å². The molecule has 5 nitrogen and oxygen atoms in total. The maximum atomic E-state index is 13.8. The summed E-state index contributed by atoms with van der Waals surface area (Å²) in [5.41, 5.74) is 4.32. The molecule has 6 heteroatoms. The molecule has 0 aromatic carbocycles. The first kappa shape index (κ1) is 10.1. The lowest BCUT2D eigenvalue weighted by atomic mass is 9.97. The Morgan fingerprint density at radius 2 is 2.40 bits per heavy atom. The number of rotatable bonds is 1. The third-order valence-electron chi connectivity index (χ3n) is 2.50. The summed E-state index contributed by atoms with van der Waals surface area (Å²) in [5.74, 6) is 0.727. The van der Waals surface area contributed by atoms with Crippen molar-refractivity contribution < 1.29 is 4.39 Å². The van der Waals surface area contributed by atoms with E-state index in [1.165, 1.54) is 6.20 Å². The van der Waals surface area contributed by atoms with Gasteiger partial charge in [0, 0.05) is 6.54 Å². The third-order valence-corrected chi connectivity index (χ3v) is 2.50. The van der Waals surface area contributed by atoms with E-state index in [1.54, 1.807) is 11.8 Å². The molecule has 0 bridgehead atoms. The molecule has 1 aliphatic rings. The van der Waals surface area contributed by atoms with Crippen molar-refractivity contribution in [3.8, 4) is 0 Å². The first-order valence-corrected chi connectivity index (χ1v) is 4.96. The molecule has 2 rings (SSSR count). The van der Waals surface area contributed by atoms with Gasteiger partial charge in [0.15, 0.2) is 0 Å². The highest BCUT2D eigenvalue weighted by molar-refractivity contribution is 5.36. The van der Waals surface area contributed by atoms with E-state index in [0.717, 1.165) is 13.0 Å². The van der Waals surface area contributed by atoms with Crippen LogP contribution in [0.15, 0.2) is 6.20 Å². The number of nitrogens with two attached hydrogens (primary N) is 1. The summed E-state index contributed by atoms with van der Waals surface area (Å²) in [6.45, 7) is 2.65. The highest BCUT2D eigenvalue weighted by Crippen LogP contribution is 2.26. The monoisotopic (exact) mass is 211 g/mol. The normalized spacial score (nSPS) is 26.7. The average molecular weight is 211 g/mol. The minimum atomic E-state index is -1.17. The lowest BCUT2D eigenvalue weighted by molar-refractivity contribution is 0.159. The van der Waals surface area contributed by atoms with Gasteiger partial charge in [-0.3, -0.25) is 0 Å². The minimum absolute atomic E-state index is 0.304. The summed E-state index contributed by atoms with van der Waals surface area (Å²) in [5, 5.41) is 7.55. The molecule has 0 amide bonds. The number of hydrogen-bond donors (Lipinski definition) is 1. The van der Waals surface area contributed by atoms with Gasteiger partial charge in [-0.15, -0.1) is 5.10 Å². The van der Waals surface area contributed by atoms with Crippen LogP contribution in [-0.4, -0.2) is 33.9 Å². The molecule has 1 aromatic rings. The minimum Gasteiger partial charge on any atom is -0.382 e. The van der Waals surface area contributed by atoms with E-state index in [4.69, 9.17) is 5.73 Å². The largest absolute Gasteiger partial charge is 0.382 e. The number of nitrogens with zero attached hydrogens (tertiary/aromatic N) is 4. The van der Waals surface area contributed by atoms with Crippen molar-refractivity contribution in [1.82, 2.24) is 15.2 Å². The summed E-state index contributed by atoms with van der Waals surface area (Å²) in [7, 11) is 0. The molecule has 1 aliphatic heterocycles. The topological polar surface area (TPSA) is 67.9 Å². The second-order valence-electron chi connectivity index (χ2n) is 4.12. The van der Waals surface area contributed by atoms with Gasteiger partial charge in [-0.2, -0.15) is 10.1 Å². The molecular weight excluding hydrogens is 197 g/mol. The quantitative estimate of drug-likeness (QED) is 0.743. The molecule has 0 spiro atoms. The lowest BCUT2D eigenvalue weighted by Crippen LogP contribution is -2.44. The van der Waals surface area contributed by atoms with E-state index < -0.39 is 5.67 Å². The van der Waals surface area contributed by atoms with Crippen LogP contribution in [0, 0.1) is 0 Å². The standard InChI is InChI=1S/C9H14FN5/c1-9(10)3-2-4-15(6-9)8-13-7(11)5-12-14-8/h5H,2-4,6H2,1H3,(H2,11,13,14)/t9-/m0/s1. The number of aromatic nitrogens is 3. The summed E-state index contributed by atoms with van der Waals surface area (Å²) in [6.07, 6.45) is 2.76. The Kier molecular flexibility index (Phi) is 2.42. The molecule has 1 fully saturated rings. The van der Waals surface area contributed by atoms with Gasteiger partial charge in [-0.25, -0.2) is 4.39 Å². The highest BCUT2D eigenvalue weighted by Gasteiger charge is 2.31. The van der Waals surface area contributed by atoms with Crippen molar-refractivity contribution in [2.75, 3.05) is 23.7 Å². The summed E-state index contributed by atoms with van der Waals surface area (Å²) in [6, 6.07) is 0. The fraction of sp³-hybridized carbons (Fsp3) is 0.667. The van der Waals surface area contributed by atoms with Gasteiger partial charge in [0.05, 0.1) is 12.7 Å². The van der Waals surface area contributed by atoms with Crippen molar-refractivity contribution in [3.05, 3.63) is 6.20 Å². The molecule has 0 saturated carbocycles. The molecule has 1 aromatic heterocycles.